The van der Waals surface area contributed by atoms with E-state index in [2.05, 4.69) is 8.92 Å². The summed E-state index contributed by atoms with van der Waals surface area (Å²) < 4.78 is 27.1. The highest BCUT2D eigenvalue weighted by Gasteiger charge is 2.12. The van der Waals surface area contributed by atoms with Gasteiger partial charge in [-0.1, -0.05) is 6.92 Å². The Kier molecular flexibility index (Phi) is 5.01. The summed E-state index contributed by atoms with van der Waals surface area (Å²) in [6.45, 7) is 2.87. The number of hydrogen-bond donors (Lipinski definition) is 1. The zero-order chi connectivity index (χ0) is 8.85. The largest absolute Gasteiger partial charge is 0.435 e. The van der Waals surface area contributed by atoms with Crippen molar-refractivity contribution in [1.82, 2.24) is 0 Å². The van der Waals surface area contributed by atoms with Crippen molar-refractivity contribution in [3.8, 4) is 0 Å². The second kappa shape index (κ2) is 5.22. The molecule has 2 unspecified atom stereocenters. The van der Waals surface area contributed by atoms with E-state index in [0.29, 0.717) is 6.42 Å². The highest BCUT2D eigenvalue weighted by atomic mass is 32.2. The Morgan fingerprint density at radius 3 is 2.55 bits per heavy atom. The Balaban J connectivity index is 3.76. The summed E-state index contributed by atoms with van der Waals surface area (Å²) in [4.78, 5) is 10.3. The van der Waals surface area contributed by atoms with Crippen LogP contribution < -0.4 is 0 Å². The lowest BCUT2D eigenvalue weighted by molar-refractivity contribution is -0.160. The van der Waals surface area contributed by atoms with E-state index in [4.69, 9.17) is 4.55 Å². The third kappa shape index (κ3) is 5.96. The molecule has 11 heavy (non-hydrogen) atoms. The van der Waals surface area contributed by atoms with Crippen LogP contribution in [0.15, 0.2) is 0 Å². The highest BCUT2D eigenvalue weighted by molar-refractivity contribution is 7.74. The lowest BCUT2D eigenvalue weighted by atomic mass is 10.5. The van der Waals surface area contributed by atoms with Gasteiger partial charge in [0.05, 0.1) is 0 Å². The van der Waals surface area contributed by atoms with Gasteiger partial charge >= 0.3 is 17.3 Å². The van der Waals surface area contributed by atoms with Crippen LogP contribution in [-0.4, -0.2) is 21.0 Å². The smallest absolute Gasteiger partial charge is 0.305 e. The van der Waals surface area contributed by atoms with Crippen molar-refractivity contribution in [2.45, 2.75) is 26.6 Å². The quantitative estimate of drug-likeness (QED) is 0.388. The minimum Gasteiger partial charge on any atom is -0.435 e. The first-order valence-electron chi connectivity index (χ1n) is 3.01. The molecule has 0 aromatic heterocycles. The molecule has 0 fully saturated rings. The van der Waals surface area contributed by atoms with Crippen LogP contribution in [-0.2, 0) is 25.1 Å². The first-order valence-corrected chi connectivity index (χ1v) is 4.04. The van der Waals surface area contributed by atoms with Gasteiger partial charge in [-0.3, -0.25) is 9.35 Å². The summed E-state index contributed by atoms with van der Waals surface area (Å²) in [6.07, 6.45) is -0.593. The third-order valence-corrected chi connectivity index (χ3v) is 1.20. The van der Waals surface area contributed by atoms with Crippen molar-refractivity contribution in [2.24, 2.45) is 0 Å². The van der Waals surface area contributed by atoms with Crippen LogP contribution in [0.25, 0.3) is 0 Å². The normalized spacial score (nSPS) is 15.5. The number of hydrogen-bond acceptors (Lipinski definition) is 4. The molecule has 0 bridgehead atoms. The van der Waals surface area contributed by atoms with Crippen molar-refractivity contribution >= 4 is 17.3 Å². The van der Waals surface area contributed by atoms with Gasteiger partial charge in [-0.2, -0.15) is 4.21 Å². The van der Waals surface area contributed by atoms with Gasteiger partial charge in [0, 0.05) is 13.3 Å². The van der Waals surface area contributed by atoms with Crippen molar-refractivity contribution in [1.29, 1.82) is 0 Å². The molecule has 5 nitrogen and oxygen atoms in total. The third-order valence-electron chi connectivity index (χ3n) is 0.820. The Morgan fingerprint density at radius 2 is 2.27 bits per heavy atom. The van der Waals surface area contributed by atoms with Gasteiger partial charge in [0.25, 0.3) is 0 Å². The van der Waals surface area contributed by atoms with Gasteiger partial charge in [0.2, 0.25) is 6.29 Å². The van der Waals surface area contributed by atoms with E-state index in [0.717, 1.165) is 0 Å². The molecule has 6 heteroatoms. The maximum absolute atomic E-state index is 10.3. The van der Waals surface area contributed by atoms with Crippen LogP contribution in [0.1, 0.15) is 20.3 Å². The predicted molar refractivity (Wildman–Crippen MR) is 37.7 cm³/mol. The van der Waals surface area contributed by atoms with Crippen LogP contribution in [0.3, 0.4) is 0 Å². The van der Waals surface area contributed by atoms with E-state index in [1.165, 1.54) is 6.92 Å². The number of carbonyl (C=O) groups excluding carboxylic acids is 1. The van der Waals surface area contributed by atoms with Crippen LogP contribution >= 0.6 is 0 Å². The summed E-state index contributed by atoms with van der Waals surface area (Å²) in [5.74, 6) is -0.540. The van der Waals surface area contributed by atoms with Gasteiger partial charge < -0.3 is 4.74 Å². The zero-order valence-electron chi connectivity index (χ0n) is 6.27. The van der Waals surface area contributed by atoms with Crippen LogP contribution in [0.2, 0.25) is 0 Å². The number of ether oxygens (including phenoxy) is 1. The highest BCUT2D eigenvalue weighted by Crippen LogP contribution is 2.01. The lowest BCUT2D eigenvalue weighted by Crippen LogP contribution is -2.19. The molecule has 0 amide bonds. The molecule has 0 saturated carbocycles. The Hall–Kier alpha value is -0.460. The molecule has 0 radical (unpaired) electrons. The maximum atomic E-state index is 10.3. The number of carbonyl (C=O) groups is 1. The second-order valence-electron chi connectivity index (χ2n) is 1.76. The van der Waals surface area contributed by atoms with E-state index in [1.807, 2.05) is 0 Å². The summed E-state index contributed by atoms with van der Waals surface area (Å²) in [7, 11) is 0. The molecule has 0 heterocycles. The summed E-state index contributed by atoms with van der Waals surface area (Å²) in [6, 6.07) is 0. The lowest BCUT2D eigenvalue weighted by Gasteiger charge is -2.11. The van der Waals surface area contributed by atoms with Crippen LogP contribution in [0.4, 0.5) is 0 Å². The van der Waals surface area contributed by atoms with Gasteiger partial charge in [0.15, 0.2) is 0 Å². The first kappa shape index (κ1) is 10.5. The molecule has 0 aliphatic rings. The van der Waals surface area contributed by atoms with E-state index in [9.17, 15) is 9.00 Å². The van der Waals surface area contributed by atoms with Crippen LogP contribution in [0, 0.1) is 0 Å². The fourth-order valence-electron chi connectivity index (χ4n) is 0.448. The molecule has 0 aliphatic carbocycles. The second-order valence-corrected chi connectivity index (χ2v) is 2.39. The van der Waals surface area contributed by atoms with Crippen molar-refractivity contribution in [3.63, 3.8) is 0 Å². The summed E-state index contributed by atoms with van der Waals surface area (Å²) in [5.41, 5.74) is 0. The predicted octanol–water partition coefficient (Wildman–Crippen LogP) is 0.439. The minimum atomic E-state index is -2.39. The van der Waals surface area contributed by atoms with Crippen molar-refractivity contribution in [2.75, 3.05) is 0 Å². The average molecular weight is 182 g/mol. The summed E-state index contributed by atoms with van der Waals surface area (Å²) in [5, 5.41) is 0. The zero-order valence-corrected chi connectivity index (χ0v) is 7.09. The van der Waals surface area contributed by atoms with Gasteiger partial charge in [-0.15, -0.1) is 0 Å². The average Bonchev–Trinajstić information content (AvgIpc) is 1.84. The number of esters is 1. The molecule has 2 atom stereocenters. The van der Waals surface area contributed by atoms with E-state index in [1.54, 1.807) is 6.92 Å². The van der Waals surface area contributed by atoms with E-state index >= 15 is 0 Å². The molecule has 0 aliphatic heterocycles. The summed E-state index contributed by atoms with van der Waals surface area (Å²) >= 11 is -2.39. The molecule has 0 rings (SSSR count). The molecular weight excluding hydrogens is 172 g/mol. The molecule has 66 valence electrons. The monoisotopic (exact) mass is 182 g/mol. The fraction of sp³-hybridized carbons (Fsp3) is 0.800. The van der Waals surface area contributed by atoms with Crippen molar-refractivity contribution < 1.29 is 22.5 Å². The standard InChI is InChI=1S/C5H10O5S/c1-3-5(9-4(2)6)10-11(7)8/h5H,3H2,1-2H3,(H,7,8). The van der Waals surface area contributed by atoms with E-state index < -0.39 is 23.6 Å². The molecule has 0 aromatic carbocycles. The molecule has 0 spiro atoms. The topological polar surface area (TPSA) is 72.8 Å². The minimum absolute atomic E-state index is 0.339. The van der Waals surface area contributed by atoms with Crippen molar-refractivity contribution in [3.05, 3.63) is 0 Å². The molecule has 0 aromatic rings. The Bertz CT molecular complexity index is 141. The SMILES string of the molecule is CCC(OC(C)=O)OS(=O)O. The van der Waals surface area contributed by atoms with Gasteiger partial charge in [-0.05, 0) is 0 Å². The number of rotatable bonds is 4. The maximum Gasteiger partial charge on any atom is 0.305 e. The Morgan fingerprint density at radius 1 is 1.73 bits per heavy atom. The molecular formula is C5H10O5S. The molecule has 1 N–H and O–H groups in total. The van der Waals surface area contributed by atoms with E-state index in [-0.39, 0.29) is 0 Å². The first-order chi connectivity index (χ1) is 5.06. The van der Waals surface area contributed by atoms with Gasteiger partial charge in [0.1, 0.15) is 0 Å². The fourth-order valence-corrected chi connectivity index (χ4v) is 0.807. The molecule has 0 saturated heterocycles. The van der Waals surface area contributed by atoms with Gasteiger partial charge in [-0.25, -0.2) is 4.18 Å². The Labute approximate surface area is 67.2 Å². The van der Waals surface area contributed by atoms with Crippen LogP contribution in [0.5, 0.6) is 0 Å².